The van der Waals surface area contributed by atoms with E-state index in [1.54, 1.807) is 15.9 Å². The summed E-state index contributed by atoms with van der Waals surface area (Å²) in [5.74, 6) is -0.130. The minimum Gasteiger partial charge on any atom is -0.330 e. The first-order valence-corrected chi connectivity index (χ1v) is 8.48. The largest absolute Gasteiger partial charge is 0.330 e. The van der Waals surface area contributed by atoms with Crippen molar-refractivity contribution in [2.24, 2.45) is 0 Å². The Balaban J connectivity index is 1.98. The number of rotatable bonds is 3. The maximum absolute atomic E-state index is 12.9. The molecule has 0 saturated carbocycles. The van der Waals surface area contributed by atoms with Crippen LogP contribution in [0, 0.1) is 13.8 Å². The fourth-order valence-electron chi connectivity index (χ4n) is 3.13. The summed E-state index contributed by atoms with van der Waals surface area (Å²) in [6, 6.07) is 6.11. The average molecular weight is 316 g/mol. The van der Waals surface area contributed by atoms with Crippen molar-refractivity contribution in [2.75, 3.05) is 6.54 Å². The van der Waals surface area contributed by atoms with Crippen molar-refractivity contribution in [3.05, 3.63) is 55.6 Å². The van der Waals surface area contributed by atoms with Gasteiger partial charge in [-0.25, -0.2) is 0 Å². The van der Waals surface area contributed by atoms with Crippen LogP contribution in [0.3, 0.4) is 0 Å². The van der Waals surface area contributed by atoms with E-state index in [1.165, 1.54) is 4.88 Å². The third kappa shape index (κ3) is 2.29. The molecule has 5 heteroatoms. The molecule has 1 amide bonds. The summed E-state index contributed by atoms with van der Waals surface area (Å²) >= 11 is 1.66. The smallest absolute Gasteiger partial charge is 0.263 e. The Hall–Kier alpha value is -1.88. The van der Waals surface area contributed by atoms with Crippen LogP contribution in [0.1, 0.15) is 45.9 Å². The first kappa shape index (κ1) is 15.0. The van der Waals surface area contributed by atoms with Gasteiger partial charge in [0, 0.05) is 23.7 Å². The molecule has 0 unspecified atom stereocenters. The first-order chi connectivity index (χ1) is 10.5. The van der Waals surface area contributed by atoms with Crippen molar-refractivity contribution in [1.82, 2.24) is 9.47 Å². The number of nitrogens with zero attached hydrogens (tertiary/aromatic N) is 2. The number of pyridine rings is 1. The highest BCUT2D eigenvalue weighted by Gasteiger charge is 2.36. The molecule has 0 spiro atoms. The van der Waals surface area contributed by atoms with Crippen LogP contribution in [0.25, 0.3) is 0 Å². The lowest BCUT2D eigenvalue weighted by molar-refractivity contribution is 0.0464. The van der Waals surface area contributed by atoms with Crippen molar-refractivity contribution in [2.45, 2.75) is 39.8 Å². The molecule has 22 heavy (non-hydrogen) atoms. The van der Waals surface area contributed by atoms with Crippen molar-refractivity contribution >= 4 is 17.2 Å². The van der Waals surface area contributed by atoms with Crippen LogP contribution < -0.4 is 5.56 Å². The molecule has 0 aromatic carbocycles. The highest BCUT2D eigenvalue weighted by Crippen LogP contribution is 2.36. The molecular formula is C17H20N2O2S. The summed E-state index contributed by atoms with van der Waals surface area (Å²) in [5.41, 5.74) is 1.84. The number of aromatic nitrogens is 1. The van der Waals surface area contributed by atoms with Crippen molar-refractivity contribution in [3.63, 3.8) is 0 Å². The van der Waals surface area contributed by atoms with E-state index >= 15 is 0 Å². The topological polar surface area (TPSA) is 42.3 Å². The van der Waals surface area contributed by atoms with Crippen LogP contribution >= 0.6 is 11.3 Å². The second-order valence-corrected chi connectivity index (χ2v) is 6.69. The fraction of sp³-hybridized carbons (Fsp3) is 0.412. The Morgan fingerprint density at radius 2 is 2.18 bits per heavy atom. The lowest BCUT2D eigenvalue weighted by atomic mass is 9.98. The molecule has 2 aromatic rings. The standard InChI is InChI=1S/C17H20N2O2S/c1-4-18-12(3)10-11(2)15(16(18)20)17(21)19-8-7-13(19)14-6-5-9-22-14/h5-6,9-10,13H,4,7-8H2,1-3H3/t13-/m1/s1. The van der Waals surface area contributed by atoms with Crippen LogP contribution in [0.15, 0.2) is 28.4 Å². The average Bonchev–Trinajstić information content (AvgIpc) is 2.90. The van der Waals surface area contributed by atoms with Gasteiger partial charge in [0.15, 0.2) is 0 Å². The van der Waals surface area contributed by atoms with Crippen LogP contribution in [0.5, 0.6) is 0 Å². The number of likely N-dealkylation sites (tertiary alicyclic amines) is 1. The molecule has 4 nitrogen and oxygen atoms in total. The van der Waals surface area contributed by atoms with Gasteiger partial charge in [-0.1, -0.05) is 6.07 Å². The van der Waals surface area contributed by atoms with Crippen LogP contribution in [-0.4, -0.2) is 21.9 Å². The van der Waals surface area contributed by atoms with Crippen LogP contribution in [0.4, 0.5) is 0 Å². The number of carbonyl (C=O) groups is 1. The SMILES string of the molecule is CCn1c(C)cc(C)c(C(=O)N2CC[C@@H]2c2cccs2)c1=O. The second kappa shape index (κ2) is 5.72. The quantitative estimate of drug-likeness (QED) is 0.873. The molecule has 1 aliphatic heterocycles. The van der Waals surface area contributed by atoms with E-state index in [-0.39, 0.29) is 17.5 Å². The molecule has 0 aliphatic carbocycles. The number of amides is 1. The van der Waals surface area contributed by atoms with E-state index in [9.17, 15) is 9.59 Å². The second-order valence-electron chi connectivity index (χ2n) is 5.71. The highest BCUT2D eigenvalue weighted by atomic mass is 32.1. The number of aryl methyl sites for hydroxylation is 2. The fourth-order valence-corrected chi connectivity index (χ4v) is 4.00. The summed E-state index contributed by atoms with van der Waals surface area (Å²) in [6.07, 6.45) is 0.971. The van der Waals surface area contributed by atoms with Gasteiger partial charge in [-0.05, 0) is 50.3 Å². The maximum atomic E-state index is 12.9. The minimum absolute atomic E-state index is 0.127. The zero-order valence-corrected chi connectivity index (χ0v) is 13.9. The van der Waals surface area contributed by atoms with Gasteiger partial charge < -0.3 is 9.47 Å². The zero-order valence-electron chi connectivity index (χ0n) is 13.1. The van der Waals surface area contributed by atoms with E-state index in [0.29, 0.717) is 12.1 Å². The number of thiophene rings is 1. The van der Waals surface area contributed by atoms with Gasteiger partial charge >= 0.3 is 0 Å². The third-order valence-corrected chi connectivity index (χ3v) is 5.36. The summed E-state index contributed by atoms with van der Waals surface area (Å²) < 4.78 is 1.67. The number of carbonyl (C=O) groups excluding carboxylic acids is 1. The molecule has 116 valence electrons. The molecule has 1 atom stereocenters. The molecule has 2 aromatic heterocycles. The van der Waals surface area contributed by atoms with Gasteiger partial charge in [-0.15, -0.1) is 11.3 Å². The van der Waals surface area contributed by atoms with Gasteiger partial charge in [0.05, 0.1) is 6.04 Å². The molecule has 1 fully saturated rings. The van der Waals surface area contributed by atoms with Gasteiger partial charge in [0.25, 0.3) is 11.5 Å². The normalized spacial score (nSPS) is 17.4. The Labute approximate surface area is 134 Å². The summed E-state index contributed by atoms with van der Waals surface area (Å²) in [5, 5.41) is 2.03. The van der Waals surface area contributed by atoms with E-state index in [1.807, 2.05) is 43.2 Å². The number of hydrogen-bond acceptors (Lipinski definition) is 3. The van der Waals surface area contributed by atoms with E-state index < -0.39 is 0 Å². The van der Waals surface area contributed by atoms with E-state index in [4.69, 9.17) is 0 Å². The lowest BCUT2D eigenvalue weighted by Gasteiger charge is -2.40. The molecule has 1 aliphatic rings. The van der Waals surface area contributed by atoms with E-state index in [2.05, 4.69) is 6.07 Å². The monoisotopic (exact) mass is 316 g/mol. The van der Waals surface area contributed by atoms with Crippen molar-refractivity contribution in [1.29, 1.82) is 0 Å². The van der Waals surface area contributed by atoms with Crippen LogP contribution in [-0.2, 0) is 6.54 Å². The Kier molecular flexibility index (Phi) is 3.91. The zero-order chi connectivity index (χ0) is 15.9. The summed E-state index contributed by atoms with van der Waals surface area (Å²) in [4.78, 5) is 28.5. The third-order valence-electron chi connectivity index (χ3n) is 4.39. The summed E-state index contributed by atoms with van der Waals surface area (Å²) in [7, 11) is 0. The minimum atomic E-state index is -0.165. The van der Waals surface area contributed by atoms with Gasteiger partial charge in [-0.2, -0.15) is 0 Å². The van der Waals surface area contributed by atoms with Gasteiger partial charge in [-0.3, -0.25) is 9.59 Å². The predicted molar refractivity (Wildman–Crippen MR) is 88.6 cm³/mol. The Morgan fingerprint density at radius 1 is 1.41 bits per heavy atom. The number of hydrogen-bond donors (Lipinski definition) is 0. The predicted octanol–water partition coefficient (Wildman–Crippen LogP) is 3.13. The molecular weight excluding hydrogens is 296 g/mol. The molecule has 3 heterocycles. The lowest BCUT2D eigenvalue weighted by Crippen LogP contribution is -2.47. The Bertz CT molecular complexity index is 762. The first-order valence-electron chi connectivity index (χ1n) is 7.60. The summed E-state index contributed by atoms with van der Waals surface area (Å²) in [6.45, 7) is 6.99. The molecule has 0 bridgehead atoms. The molecule has 3 rings (SSSR count). The van der Waals surface area contributed by atoms with E-state index in [0.717, 1.165) is 24.2 Å². The maximum Gasteiger partial charge on any atom is 0.263 e. The van der Waals surface area contributed by atoms with Gasteiger partial charge in [0.2, 0.25) is 0 Å². The van der Waals surface area contributed by atoms with Crippen molar-refractivity contribution < 1.29 is 4.79 Å². The highest BCUT2D eigenvalue weighted by molar-refractivity contribution is 7.10. The molecule has 0 radical (unpaired) electrons. The molecule has 1 saturated heterocycles. The van der Waals surface area contributed by atoms with Crippen molar-refractivity contribution in [3.8, 4) is 0 Å². The van der Waals surface area contributed by atoms with Crippen LogP contribution in [0.2, 0.25) is 0 Å². The van der Waals surface area contributed by atoms with Gasteiger partial charge in [0.1, 0.15) is 5.56 Å². The molecule has 0 N–H and O–H groups in total. The Morgan fingerprint density at radius 3 is 2.73 bits per heavy atom.